The highest BCUT2D eigenvalue weighted by molar-refractivity contribution is 5.75. The second kappa shape index (κ2) is 2.24. The minimum absolute atomic E-state index is 0.390. The molecule has 12 heavy (non-hydrogen) atoms. The smallest absolute Gasteiger partial charge is 0.305 e. The van der Waals surface area contributed by atoms with E-state index in [0.717, 1.165) is 4.57 Å². The minimum atomic E-state index is -0.390. The van der Waals surface area contributed by atoms with Crippen LogP contribution < -0.4 is 5.69 Å². The quantitative estimate of drug-likeness (QED) is 0.613. The Kier molecular flexibility index (Phi) is 1.25. The third kappa shape index (κ3) is 0.736. The van der Waals surface area contributed by atoms with Crippen LogP contribution >= 0.6 is 0 Å². The van der Waals surface area contributed by atoms with Gasteiger partial charge in [0, 0.05) is 0 Å². The second-order valence-corrected chi connectivity index (χ2v) is 2.38. The van der Waals surface area contributed by atoms with Crippen LogP contribution in [0.1, 0.15) is 0 Å². The van der Waals surface area contributed by atoms with Gasteiger partial charge >= 0.3 is 5.69 Å². The largest absolute Gasteiger partial charge is 0.339 e. The van der Waals surface area contributed by atoms with E-state index < -0.39 is 5.69 Å². The van der Waals surface area contributed by atoms with E-state index in [0.29, 0.717) is 11.0 Å². The zero-order valence-corrected chi connectivity index (χ0v) is 6.11. The van der Waals surface area contributed by atoms with Crippen molar-refractivity contribution in [2.45, 2.75) is 0 Å². The molecule has 0 aliphatic rings. The van der Waals surface area contributed by atoms with E-state index in [1.54, 1.807) is 30.5 Å². The molecule has 2 rings (SSSR count). The summed E-state index contributed by atoms with van der Waals surface area (Å²) in [6.07, 6.45) is 1.79. The summed E-state index contributed by atoms with van der Waals surface area (Å²) in [7, 11) is 0. The van der Waals surface area contributed by atoms with Gasteiger partial charge in [0.1, 0.15) is 0 Å². The number of imidazole rings is 1. The van der Waals surface area contributed by atoms with E-state index in [9.17, 15) is 4.79 Å². The molecule has 0 unspecified atom stereocenters. The fourth-order valence-corrected chi connectivity index (χ4v) is 1.15. The zero-order valence-electron chi connectivity index (χ0n) is 6.11. The molecular weight excluding hydrogens is 154 g/mol. The van der Waals surface area contributed by atoms with E-state index >= 15 is 0 Å². The van der Waals surface area contributed by atoms with Crippen LogP contribution in [0.15, 0.2) is 29.1 Å². The number of nitrogens with one attached hydrogen (secondary N) is 1. The maximum absolute atomic E-state index is 11.1. The van der Waals surface area contributed by atoms with Gasteiger partial charge in [-0.2, -0.15) is 9.83 Å². The maximum Gasteiger partial charge on any atom is 0.339 e. The summed E-state index contributed by atoms with van der Waals surface area (Å²) in [4.78, 5) is 13.6. The zero-order chi connectivity index (χ0) is 8.55. The molecule has 58 valence electrons. The molecule has 0 bridgehead atoms. The van der Waals surface area contributed by atoms with Crippen LogP contribution in [0.2, 0.25) is 0 Å². The molecule has 0 spiro atoms. The first-order valence-electron chi connectivity index (χ1n) is 3.43. The van der Waals surface area contributed by atoms with E-state index in [2.05, 4.69) is 4.98 Å². The first kappa shape index (κ1) is 6.68. The molecule has 0 saturated carbocycles. The lowest BCUT2D eigenvalue weighted by atomic mass is 10.3. The number of nitrogens with zero attached hydrogens (tertiary/aromatic N) is 2. The summed E-state index contributed by atoms with van der Waals surface area (Å²) < 4.78 is 1.02. The van der Waals surface area contributed by atoms with Crippen LogP contribution in [-0.4, -0.2) is 9.55 Å². The highest BCUT2D eigenvalue weighted by Gasteiger charge is 2.02. The number of para-hydroxylation sites is 2. The molecule has 4 heteroatoms. The first-order valence-corrected chi connectivity index (χ1v) is 3.43. The summed E-state index contributed by atoms with van der Waals surface area (Å²) in [6, 6.07) is 7.06. The standard InChI is InChI=1S/C8H5N3O/c9-5-11-7-4-2-1-3-6(7)10-8(11)12/h1-4H,(H,10,12). The summed E-state index contributed by atoms with van der Waals surface area (Å²) in [5, 5.41) is 8.60. The SMILES string of the molecule is N#Cn1c(=O)[nH]c2ccccc21. The summed E-state index contributed by atoms with van der Waals surface area (Å²) in [5.41, 5.74) is 0.910. The average Bonchev–Trinajstić information content (AvgIpc) is 2.40. The summed E-state index contributed by atoms with van der Waals surface area (Å²) in [5.74, 6) is 0. The van der Waals surface area contributed by atoms with Gasteiger partial charge in [-0.15, -0.1) is 0 Å². The molecule has 1 heterocycles. The molecule has 1 N–H and O–H groups in total. The van der Waals surface area contributed by atoms with E-state index in [-0.39, 0.29) is 0 Å². The number of fused-ring (bicyclic) bond motifs is 1. The van der Waals surface area contributed by atoms with Gasteiger partial charge in [-0.25, -0.2) is 4.79 Å². The molecule has 2 aromatic rings. The molecule has 0 atom stereocenters. The van der Waals surface area contributed by atoms with Gasteiger partial charge in [-0.3, -0.25) is 0 Å². The van der Waals surface area contributed by atoms with Crippen molar-refractivity contribution in [3.63, 3.8) is 0 Å². The van der Waals surface area contributed by atoms with Crippen molar-refractivity contribution in [3.8, 4) is 6.19 Å². The van der Waals surface area contributed by atoms with Gasteiger partial charge in [0.25, 0.3) is 0 Å². The molecule has 0 saturated heterocycles. The summed E-state index contributed by atoms with van der Waals surface area (Å²) >= 11 is 0. The van der Waals surface area contributed by atoms with Crippen LogP contribution in [0.4, 0.5) is 0 Å². The van der Waals surface area contributed by atoms with E-state index in [1.165, 1.54) is 0 Å². The van der Waals surface area contributed by atoms with Crippen molar-refractivity contribution < 1.29 is 0 Å². The Morgan fingerprint density at radius 1 is 1.42 bits per heavy atom. The Bertz CT molecular complexity index is 515. The number of H-pyrrole nitrogens is 1. The van der Waals surface area contributed by atoms with Gasteiger partial charge < -0.3 is 4.98 Å². The lowest BCUT2D eigenvalue weighted by Crippen LogP contribution is -2.11. The monoisotopic (exact) mass is 159 g/mol. The molecular formula is C8H5N3O. The van der Waals surface area contributed by atoms with Crippen molar-refractivity contribution >= 4 is 11.0 Å². The highest BCUT2D eigenvalue weighted by atomic mass is 16.1. The van der Waals surface area contributed by atoms with Crippen molar-refractivity contribution in [1.82, 2.24) is 9.55 Å². The van der Waals surface area contributed by atoms with Crippen molar-refractivity contribution in [1.29, 1.82) is 5.26 Å². The molecule has 0 aliphatic carbocycles. The highest BCUT2D eigenvalue weighted by Crippen LogP contribution is 2.06. The van der Waals surface area contributed by atoms with Gasteiger partial charge in [0.15, 0.2) is 6.19 Å². The van der Waals surface area contributed by atoms with Crippen LogP contribution in [0, 0.1) is 11.5 Å². The molecule has 0 fully saturated rings. The number of aromatic amines is 1. The van der Waals surface area contributed by atoms with Crippen LogP contribution in [0.5, 0.6) is 0 Å². The Hall–Kier alpha value is -2.02. The van der Waals surface area contributed by atoms with Gasteiger partial charge in [-0.05, 0) is 12.1 Å². The number of nitriles is 1. The fraction of sp³-hybridized carbons (Fsp3) is 0. The third-order valence-electron chi connectivity index (χ3n) is 1.69. The fourth-order valence-electron chi connectivity index (χ4n) is 1.15. The van der Waals surface area contributed by atoms with Crippen LogP contribution in [0.3, 0.4) is 0 Å². The second-order valence-electron chi connectivity index (χ2n) is 2.38. The number of hydrogen-bond donors (Lipinski definition) is 1. The maximum atomic E-state index is 11.1. The Balaban J connectivity index is 3.03. The number of aromatic nitrogens is 2. The number of rotatable bonds is 0. The topological polar surface area (TPSA) is 61.6 Å². The predicted octanol–water partition coefficient (Wildman–Crippen LogP) is 0.659. The van der Waals surface area contributed by atoms with Gasteiger partial charge in [0.2, 0.25) is 0 Å². The van der Waals surface area contributed by atoms with Crippen molar-refractivity contribution in [2.24, 2.45) is 0 Å². The Morgan fingerprint density at radius 3 is 2.92 bits per heavy atom. The number of benzene rings is 1. The minimum Gasteiger partial charge on any atom is -0.305 e. The molecule has 1 aromatic heterocycles. The lowest BCUT2D eigenvalue weighted by molar-refractivity contribution is 1.03. The van der Waals surface area contributed by atoms with Crippen LogP contribution in [-0.2, 0) is 0 Å². The van der Waals surface area contributed by atoms with E-state index in [1.807, 2.05) is 0 Å². The Labute approximate surface area is 67.7 Å². The summed E-state index contributed by atoms with van der Waals surface area (Å²) in [6.45, 7) is 0. The normalized spacial score (nSPS) is 9.92. The molecule has 1 aromatic carbocycles. The predicted molar refractivity (Wildman–Crippen MR) is 43.6 cm³/mol. The Morgan fingerprint density at radius 2 is 2.17 bits per heavy atom. The number of hydrogen-bond acceptors (Lipinski definition) is 2. The van der Waals surface area contributed by atoms with Crippen molar-refractivity contribution in [2.75, 3.05) is 0 Å². The van der Waals surface area contributed by atoms with Crippen molar-refractivity contribution in [3.05, 3.63) is 34.7 Å². The van der Waals surface area contributed by atoms with Crippen LogP contribution in [0.25, 0.3) is 11.0 Å². The molecule has 0 radical (unpaired) electrons. The molecule has 0 aliphatic heterocycles. The first-order chi connectivity index (χ1) is 5.83. The lowest BCUT2D eigenvalue weighted by Gasteiger charge is -1.86. The van der Waals surface area contributed by atoms with E-state index in [4.69, 9.17) is 5.26 Å². The average molecular weight is 159 g/mol. The van der Waals surface area contributed by atoms with Gasteiger partial charge in [0.05, 0.1) is 11.0 Å². The molecule has 4 nitrogen and oxygen atoms in total. The van der Waals surface area contributed by atoms with Gasteiger partial charge in [-0.1, -0.05) is 12.1 Å². The molecule has 0 amide bonds. The third-order valence-corrected chi connectivity index (χ3v) is 1.69.